The molecule has 0 aromatic heterocycles. The van der Waals surface area contributed by atoms with Crippen LogP contribution in [0.15, 0.2) is 24.3 Å². The van der Waals surface area contributed by atoms with Crippen LogP contribution >= 0.6 is 0 Å². The number of hydrogen-bond acceptors (Lipinski definition) is 2. The number of hydrogen-bond donors (Lipinski definition) is 2. The molecule has 1 aliphatic carbocycles. The summed E-state index contributed by atoms with van der Waals surface area (Å²) in [6.45, 7) is 0.807. The van der Waals surface area contributed by atoms with Crippen molar-refractivity contribution in [3.8, 4) is 0 Å². The van der Waals surface area contributed by atoms with Gasteiger partial charge in [0, 0.05) is 13.2 Å². The largest absolute Gasteiger partial charge is 0.396 e. The van der Waals surface area contributed by atoms with Crippen molar-refractivity contribution in [3.05, 3.63) is 35.6 Å². The fourth-order valence-corrected chi connectivity index (χ4v) is 2.07. The SMILES string of the molecule is O=C(Cc1ccc(F)cc1)NCC1(CCO)CC1. The van der Waals surface area contributed by atoms with Crippen molar-refractivity contribution >= 4 is 5.91 Å². The Morgan fingerprint density at radius 2 is 2.00 bits per heavy atom. The van der Waals surface area contributed by atoms with Crippen LogP contribution in [0.3, 0.4) is 0 Å². The second kappa shape index (κ2) is 5.48. The third-order valence-corrected chi connectivity index (χ3v) is 3.54. The van der Waals surface area contributed by atoms with Crippen LogP contribution in [0.4, 0.5) is 4.39 Å². The smallest absolute Gasteiger partial charge is 0.224 e. The molecule has 1 fully saturated rings. The molecule has 0 saturated heterocycles. The summed E-state index contributed by atoms with van der Waals surface area (Å²) in [4.78, 5) is 11.7. The lowest BCUT2D eigenvalue weighted by Crippen LogP contribution is -2.31. The maximum absolute atomic E-state index is 12.7. The summed E-state index contributed by atoms with van der Waals surface area (Å²) in [5.74, 6) is -0.343. The molecule has 2 N–H and O–H groups in total. The van der Waals surface area contributed by atoms with E-state index < -0.39 is 0 Å². The quantitative estimate of drug-likeness (QED) is 0.807. The molecule has 98 valence electrons. The third-order valence-electron chi connectivity index (χ3n) is 3.54. The average molecular weight is 251 g/mol. The normalized spacial score (nSPS) is 16.3. The molecule has 1 aromatic carbocycles. The van der Waals surface area contributed by atoms with Gasteiger partial charge in [0.2, 0.25) is 5.91 Å². The van der Waals surface area contributed by atoms with Gasteiger partial charge >= 0.3 is 0 Å². The van der Waals surface area contributed by atoms with Crippen molar-refractivity contribution in [1.82, 2.24) is 5.32 Å². The molecule has 1 aliphatic rings. The standard InChI is InChI=1S/C14H18FNO2/c15-12-3-1-11(2-4-12)9-13(18)16-10-14(5-6-14)7-8-17/h1-4,17H,5-10H2,(H,16,18). The van der Waals surface area contributed by atoms with E-state index in [1.807, 2.05) is 0 Å². The molecule has 3 nitrogen and oxygen atoms in total. The van der Waals surface area contributed by atoms with E-state index in [4.69, 9.17) is 5.11 Å². The van der Waals surface area contributed by atoms with E-state index in [1.54, 1.807) is 12.1 Å². The second-order valence-corrected chi connectivity index (χ2v) is 5.05. The molecule has 0 heterocycles. The molecule has 0 unspecified atom stereocenters. The maximum atomic E-state index is 12.7. The summed E-state index contributed by atoms with van der Waals surface area (Å²) >= 11 is 0. The highest BCUT2D eigenvalue weighted by Gasteiger charge is 2.41. The van der Waals surface area contributed by atoms with Crippen molar-refractivity contribution < 1.29 is 14.3 Å². The minimum Gasteiger partial charge on any atom is -0.396 e. The van der Waals surface area contributed by atoms with Gasteiger partial charge in [-0.1, -0.05) is 12.1 Å². The van der Waals surface area contributed by atoms with Gasteiger partial charge in [0.15, 0.2) is 0 Å². The average Bonchev–Trinajstić information content (AvgIpc) is 3.11. The van der Waals surface area contributed by atoms with E-state index in [-0.39, 0.29) is 30.2 Å². The Bertz CT molecular complexity index is 412. The number of amides is 1. The van der Waals surface area contributed by atoms with E-state index in [9.17, 15) is 9.18 Å². The van der Waals surface area contributed by atoms with E-state index in [0.717, 1.165) is 24.8 Å². The molecular weight excluding hydrogens is 233 g/mol. The van der Waals surface area contributed by atoms with Crippen LogP contribution < -0.4 is 5.32 Å². The fourth-order valence-electron chi connectivity index (χ4n) is 2.07. The first kappa shape index (κ1) is 13.0. The van der Waals surface area contributed by atoms with Crippen LogP contribution in [0, 0.1) is 11.2 Å². The third kappa shape index (κ3) is 3.53. The monoisotopic (exact) mass is 251 g/mol. The number of aliphatic hydroxyl groups excluding tert-OH is 1. The van der Waals surface area contributed by atoms with Gasteiger partial charge in [-0.15, -0.1) is 0 Å². The number of rotatable bonds is 6. The van der Waals surface area contributed by atoms with Crippen LogP contribution in [-0.4, -0.2) is 24.2 Å². The van der Waals surface area contributed by atoms with Crippen molar-refractivity contribution in [1.29, 1.82) is 0 Å². The molecule has 4 heteroatoms. The van der Waals surface area contributed by atoms with Crippen LogP contribution in [0.2, 0.25) is 0 Å². The first-order chi connectivity index (χ1) is 8.63. The van der Waals surface area contributed by atoms with Crippen molar-refractivity contribution in [2.75, 3.05) is 13.2 Å². The zero-order valence-corrected chi connectivity index (χ0v) is 10.3. The Hall–Kier alpha value is -1.42. The lowest BCUT2D eigenvalue weighted by molar-refractivity contribution is -0.120. The molecule has 0 atom stereocenters. The molecule has 18 heavy (non-hydrogen) atoms. The Morgan fingerprint density at radius 3 is 2.56 bits per heavy atom. The summed E-state index contributed by atoms with van der Waals surface area (Å²) in [6.07, 6.45) is 3.17. The number of halogens is 1. The lowest BCUT2D eigenvalue weighted by Gasteiger charge is -2.14. The summed E-state index contributed by atoms with van der Waals surface area (Å²) in [5, 5.41) is 11.8. The lowest BCUT2D eigenvalue weighted by atomic mass is 10.0. The first-order valence-corrected chi connectivity index (χ1v) is 6.26. The van der Waals surface area contributed by atoms with E-state index in [0.29, 0.717) is 6.54 Å². The van der Waals surface area contributed by atoms with Gasteiger partial charge in [-0.3, -0.25) is 4.79 Å². The number of nitrogens with one attached hydrogen (secondary N) is 1. The first-order valence-electron chi connectivity index (χ1n) is 6.26. The van der Waals surface area contributed by atoms with Gasteiger partial charge in [0.25, 0.3) is 0 Å². The summed E-state index contributed by atoms with van der Waals surface area (Å²) in [5.41, 5.74) is 0.939. The van der Waals surface area contributed by atoms with Gasteiger partial charge in [-0.05, 0) is 42.4 Å². The highest BCUT2D eigenvalue weighted by atomic mass is 19.1. The zero-order valence-electron chi connectivity index (χ0n) is 10.3. The minimum absolute atomic E-state index is 0.0502. The van der Waals surface area contributed by atoms with Gasteiger partial charge in [0.1, 0.15) is 5.82 Å². The van der Waals surface area contributed by atoms with Crippen LogP contribution in [-0.2, 0) is 11.2 Å². The van der Waals surface area contributed by atoms with Crippen molar-refractivity contribution in [3.63, 3.8) is 0 Å². The Balaban J connectivity index is 1.77. The van der Waals surface area contributed by atoms with E-state index in [2.05, 4.69) is 5.32 Å². The number of aliphatic hydroxyl groups is 1. The predicted octanol–water partition coefficient (Wildman–Crippen LogP) is 1.65. The zero-order chi connectivity index (χ0) is 13.0. The second-order valence-electron chi connectivity index (χ2n) is 5.05. The summed E-state index contributed by atoms with van der Waals surface area (Å²) in [6, 6.07) is 5.96. The van der Waals surface area contributed by atoms with Gasteiger partial charge in [-0.2, -0.15) is 0 Å². The van der Waals surface area contributed by atoms with Gasteiger partial charge < -0.3 is 10.4 Å². The predicted molar refractivity (Wildman–Crippen MR) is 66.5 cm³/mol. The Kier molecular flexibility index (Phi) is 3.97. The molecule has 1 saturated carbocycles. The number of benzene rings is 1. The highest BCUT2D eigenvalue weighted by Crippen LogP contribution is 2.47. The molecule has 0 bridgehead atoms. The van der Waals surface area contributed by atoms with Crippen molar-refractivity contribution in [2.45, 2.75) is 25.7 Å². The fraction of sp³-hybridized carbons (Fsp3) is 0.500. The molecule has 2 rings (SSSR count). The van der Waals surface area contributed by atoms with Gasteiger partial charge in [-0.25, -0.2) is 4.39 Å². The molecule has 0 aliphatic heterocycles. The van der Waals surface area contributed by atoms with Crippen LogP contribution in [0.25, 0.3) is 0 Å². The minimum atomic E-state index is -0.293. The van der Waals surface area contributed by atoms with Crippen LogP contribution in [0.5, 0.6) is 0 Å². The van der Waals surface area contributed by atoms with Crippen LogP contribution in [0.1, 0.15) is 24.8 Å². The molecule has 1 amide bonds. The molecule has 0 radical (unpaired) electrons. The number of carbonyl (C=O) groups excluding carboxylic acids is 1. The Morgan fingerprint density at radius 1 is 1.33 bits per heavy atom. The van der Waals surface area contributed by atoms with E-state index >= 15 is 0 Å². The molecular formula is C14H18FNO2. The topological polar surface area (TPSA) is 49.3 Å². The van der Waals surface area contributed by atoms with Crippen molar-refractivity contribution in [2.24, 2.45) is 5.41 Å². The maximum Gasteiger partial charge on any atom is 0.224 e. The summed E-state index contributed by atoms with van der Waals surface area (Å²) < 4.78 is 12.7. The molecule has 0 spiro atoms. The molecule has 1 aromatic rings. The highest BCUT2D eigenvalue weighted by molar-refractivity contribution is 5.78. The van der Waals surface area contributed by atoms with Gasteiger partial charge in [0.05, 0.1) is 6.42 Å². The van der Waals surface area contributed by atoms with E-state index in [1.165, 1.54) is 12.1 Å². The summed E-state index contributed by atoms with van der Waals surface area (Å²) in [7, 11) is 0. The number of carbonyl (C=O) groups is 1. The Labute approximate surface area is 106 Å².